The molecule has 2 aromatic carbocycles. The van der Waals surface area contributed by atoms with Crippen molar-refractivity contribution in [3.05, 3.63) is 71.3 Å². The monoisotopic (exact) mass is 235 g/mol. The van der Waals surface area contributed by atoms with Crippen molar-refractivity contribution in [2.24, 2.45) is 5.16 Å². The van der Waals surface area contributed by atoms with Crippen LogP contribution in [0.1, 0.15) is 16.7 Å². The van der Waals surface area contributed by atoms with E-state index in [4.69, 9.17) is 5.21 Å². The Morgan fingerprint density at radius 2 is 1.83 bits per heavy atom. The molecule has 0 radical (unpaired) electrons. The molecule has 0 bridgehead atoms. The highest BCUT2D eigenvalue weighted by atomic mass is 16.4. The zero-order valence-electron chi connectivity index (χ0n) is 10.1. The van der Waals surface area contributed by atoms with Crippen molar-refractivity contribution in [1.82, 2.24) is 0 Å². The average Bonchev–Trinajstić information content (AvgIpc) is 2.41. The summed E-state index contributed by atoms with van der Waals surface area (Å²) in [5.41, 5.74) is 3.20. The number of nitrogens with zero attached hydrogens (tertiary/aromatic N) is 1. The third kappa shape index (κ3) is 2.99. The SMILES string of the molecule is Cc1cccc(/C(C#Cc2ccccc2)=N/O)c1. The normalized spacial score (nSPS) is 10.6. The van der Waals surface area contributed by atoms with Crippen LogP contribution in [0.5, 0.6) is 0 Å². The molecule has 0 aromatic heterocycles. The van der Waals surface area contributed by atoms with Crippen molar-refractivity contribution in [2.45, 2.75) is 6.92 Å². The Kier molecular flexibility index (Phi) is 3.78. The highest BCUT2D eigenvalue weighted by Gasteiger charge is 2.00. The molecule has 0 heterocycles. The van der Waals surface area contributed by atoms with Crippen molar-refractivity contribution in [3.8, 4) is 11.8 Å². The molecule has 0 amide bonds. The lowest BCUT2D eigenvalue weighted by Crippen LogP contribution is -1.97. The van der Waals surface area contributed by atoms with Gasteiger partial charge in [-0.2, -0.15) is 0 Å². The van der Waals surface area contributed by atoms with Gasteiger partial charge < -0.3 is 5.21 Å². The molecule has 18 heavy (non-hydrogen) atoms. The van der Waals surface area contributed by atoms with Crippen molar-refractivity contribution >= 4 is 5.71 Å². The molecule has 0 atom stereocenters. The van der Waals surface area contributed by atoms with Crippen LogP contribution in [0.3, 0.4) is 0 Å². The molecule has 0 saturated carbocycles. The van der Waals surface area contributed by atoms with Crippen LogP contribution >= 0.6 is 0 Å². The summed E-state index contributed by atoms with van der Waals surface area (Å²) in [5, 5.41) is 12.3. The molecule has 88 valence electrons. The van der Waals surface area contributed by atoms with Crippen molar-refractivity contribution in [3.63, 3.8) is 0 Å². The molecular formula is C16H13NO. The van der Waals surface area contributed by atoms with Crippen molar-refractivity contribution < 1.29 is 5.21 Å². The van der Waals surface area contributed by atoms with Crippen LogP contribution in [-0.4, -0.2) is 10.9 Å². The average molecular weight is 235 g/mol. The molecule has 2 rings (SSSR count). The van der Waals surface area contributed by atoms with Gasteiger partial charge in [-0.1, -0.05) is 53.0 Å². The third-order valence-electron chi connectivity index (χ3n) is 2.49. The molecule has 0 unspecified atom stereocenters. The third-order valence-corrected chi connectivity index (χ3v) is 2.49. The molecule has 1 N–H and O–H groups in total. The van der Waals surface area contributed by atoms with E-state index in [9.17, 15) is 0 Å². The standard InChI is InChI=1S/C16H13NO/c1-13-6-5-9-15(12-13)16(17-18)11-10-14-7-3-2-4-8-14/h2-9,12,18H,1H3/b17-16+. The molecule has 0 saturated heterocycles. The van der Waals surface area contributed by atoms with Gasteiger partial charge in [-0.25, -0.2) is 0 Å². The quantitative estimate of drug-likeness (QED) is 0.350. The fourth-order valence-electron chi connectivity index (χ4n) is 1.60. The first kappa shape index (κ1) is 11.9. The van der Waals surface area contributed by atoms with E-state index in [0.29, 0.717) is 5.71 Å². The lowest BCUT2D eigenvalue weighted by molar-refractivity contribution is 0.320. The summed E-state index contributed by atoms with van der Waals surface area (Å²) >= 11 is 0. The van der Waals surface area contributed by atoms with Crippen molar-refractivity contribution in [2.75, 3.05) is 0 Å². The maximum absolute atomic E-state index is 9.03. The first-order valence-electron chi connectivity index (χ1n) is 5.66. The Hall–Kier alpha value is -2.53. The van der Waals surface area contributed by atoms with Gasteiger partial charge in [0.15, 0.2) is 5.71 Å². The second kappa shape index (κ2) is 5.70. The molecule has 0 aliphatic heterocycles. The molecular weight excluding hydrogens is 222 g/mol. The number of hydrogen-bond acceptors (Lipinski definition) is 2. The van der Waals surface area contributed by atoms with Gasteiger partial charge in [-0.05, 0) is 31.0 Å². The van der Waals surface area contributed by atoms with Crippen molar-refractivity contribution in [1.29, 1.82) is 0 Å². The second-order valence-corrected chi connectivity index (χ2v) is 3.93. The van der Waals surface area contributed by atoms with Gasteiger partial charge in [0.25, 0.3) is 0 Å². The Morgan fingerprint density at radius 3 is 2.50 bits per heavy atom. The van der Waals surface area contributed by atoms with E-state index in [2.05, 4.69) is 17.0 Å². The van der Waals surface area contributed by atoms with Gasteiger partial charge in [-0.3, -0.25) is 0 Å². The van der Waals surface area contributed by atoms with Crippen LogP contribution < -0.4 is 0 Å². The zero-order valence-corrected chi connectivity index (χ0v) is 10.1. The largest absolute Gasteiger partial charge is 0.410 e. The smallest absolute Gasteiger partial charge is 0.159 e. The summed E-state index contributed by atoms with van der Waals surface area (Å²) in [6.45, 7) is 1.99. The van der Waals surface area contributed by atoms with Crippen LogP contribution in [0.15, 0.2) is 59.8 Å². The van der Waals surface area contributed by atoms with Gasteiger partial charge in [0.05, 0.1) is 0 Å². The number of rotatable bonds is 1. The van der Waals surface area contributed by atoms with Gasteiger partial charge >= 0.3 is 0 Å². The topological polar surface area (TPSA) is 32.6 Å². The lowest BCUT2D eigenvalue weighted by Gasteiger charge is -1.98. The van der Waals surface area contributed by atoms with E-state index >= 15 is 0 Å². The van der Waals surface area contributed by atoms with Crippen LogP contribution in [0.2, 0.25) is 0 Å². The summed E-state index contributed by atoms with van der Waals surface area (Å²) in [6.07, 6.45) is 0. The van der Waals surface area contributed by atoms with E-state index in [1.807, 2.05) is 61.5 Å². The number of hydrogen-bond donors (Lipinski definition) is 1. The summed E-state index contributed by atoms with van der Waals surface area (Å²) in [7, 11) is 0. The number of oxime groups is 1. The van der Waals surface area contributed by atoms with E-state index < -0.39 is 0 Å². The number of benzene rings is 2. The molecule has 2 nitrogen and oxygen atoms in total. The Labute approximate surface area is 107 Å². The first-order chi connectivity index (χ1) is 8.79. The van der Waals surface area contributed by atoms with E-state index in [0.717, 1.165) is 16.7 Å². The Bertz CT molecular complexity index is 618. The second-order valence-electron chi connectivity index (χ2n) is 3.93. The summed E-state index contributed by atoms with van der Waals surface area (Å²) in [6, 6.07) is 17.3. The summed E-state index contributed by atoms with van der Waals surface area (Å²) in [5.74, 6) is 5.85. The van der Waals surface area contributed by atoms with E-state index in [1.165, 1.54) is 0 Å². The lowest BCUT2D eigenvalue weighted by atomic mass is 10.1. The molecule has 0 aliphatic rings. The molecule has 0 aliphatic carbocycles. The first-order valence-corrected chi connectivity index (χ1v) is 5.66. The van der Waals surface area contributed by atoms with Gasteiger partial charge in [-0.15, -0.1) is 0 Å². The van der Waals surface area contributed by atoms with Gasteiger partial charge in [0.2, 0.25) is 0 Å². The van der Waals surface area contributed by atoms with Gasteiger partial charge in [0.1, 0.15) is 0 Å². The Morgan fingerprint density at radius 1 is 1.06 bits per heavy atom. The van der Waals surface area contributed by atoms with E-state index in [-0.39, 0.29) is 0 Å². The van der Waals surface area contributed by atoms with Crippen LogP contribution in [-0.2, 0) is 0 Å². The maximum Gasteiger partial charge on any atom is 0.159 e. The summed E-state index contributed by atoms with van der Waals surface area (Å²) in [4.78, 5) is 0. The number of aryl methyl sites for hydroxylation is 1. The fraction of sp³-hybridized carbons (Fsp3) is 0.0625. The zero-order chi connectivity index (χ0) is 12.8. The molecule has 0 spiro atoms. The highest BCUT2D eigenvalue weighted by molar-refractivity contribution is 6.13. The van der Waals surface area contributed by atoms with Crippen LogP contribution in [0.25, 0.3) is 0 Å². The predicted octanol–water partition coefficient (Wildman–Crippen LogP) is 3.23. The van der Waals surface area contributed by atoms with Crippen LogP contribution in [0, 0.1) is 18.8 Å². The molecule has 0 fully saturated rings. The molecule has 2 aromatic rings. The van der Waals surface area contributed by atoms with Gasteiger partial charge in [0, 0.05) is 11.1 Å². The highest BCUT2D eigenvalue weighted by Crippen LogP contribution is 2.05. The molecule has 2 heteroatoms. The van der Waals surface area contributed by atoms with Crippen LogP contribution in [0.4, 0.5) is 0 Å². The maximum atomic E-state index is 9.03. The minimum Gasteiger partial charge on any atom is -0.410 e. The minimum absolute atomic E-state index is 0.377. The van der Waals surface area contributed by atoms with E-state index in [1.54, 1.807) is 0 Å². The minimum atomic E-state index is 0.377. The summed E-state index contributed by atoms with van der Waals surface area (Å²) < 4.78 is 0. The predicted molar refractivity (Wildman–Crippen MR) is 72.8 cm³/mol. The fourth-order valence-corrected chi connectivity index (χ4v) is 1.60. The Balaban J connectivity index is 2.30.